The number of aliphatic hydroxyl groups is 1. The summed E-state index contributed by atoms with van der Waals surface area (Å²) in [5.74, 6) is -0.457. The second-order valence-electron chi connectivity index (χ2n) is 8.46. The van der Waals surface area contributed by atoms with Gasteiger partial charge < -0.3 is 9.84 Å². The first-order valence-corrected chi connectivity index (χ1v) is 13.9. The maximum atomic E-state index is 13.1. The summed E-state index contributed by atoms with van der Waals surface area (Å²) in [4.78, 5) is 1.52. The molecule has 2 aromatic heterocycles. The number of aromatic nitrogens is 2. The predicted octanol–water partition coefficient (Wildman–Crippen LogP) is 6.56. The third kappa shape index (κ3) is 5.51. The molecule has 0 bridgehead atoms. The van der Waals surface area contributed by atoms with Crippen LogP contribution in [0.3, 0.4) is 0 Å². The van der Waals surface area contributed by atoms with Gasteiger partial charge >= 0.3 is 6.36 Å². The van der Waals surface area contributed by atoms with Gasteiger partial charge in [0.1, 0.15) is 17.0 Å². The molecule has 2 heterocycles. The molecule has 0 aliphatic carbocycles. The minimum absolute atomic E-state index is 0.0232. The molecule has 4 rings (SSSR count). The normalized spacial score (nSPS) is 12.7. The van der Waals surface area contributed by atoms with Crippen LogP contribution in [0.2, 0.25) is 0 Å². The fourth-order valence-corrected chi connectivity index (χ4v) is 6.30. The van der Waals surface area contributed by atoms with Gasteiger partial charge in [0.05, 0.1) is 19.9 Å². The number of nitrogens with zero attached hydrogens (tertiary/aromatic N) is 2. The Kier molecular flexibility index (Phi) is 6.84. The van der Waals surface area contributed by atoms with Crippen LogP contribution in [-0.2, 0) is 15.4 Å². The van der Waals surface area contributed by atoms with Crippen molar-refractivity contribution in [2.45, 2.75) is 30.7 Å². The summed E-state index contributed by atoms with van der Waals surface area (Å²) in [6.07, 6.45) is -3.79. The third-order valence-electron chi connectivity index (χ3n) is 5.11. The van der Waals surface area contributed by atoms with E-state index < -0.39 is 27.6 Å². The first kappa shape index (κ1) is 26.4. The van der Waals surface area contributed by atoms with E-state index in [0.29, 0.717) is 20.6 Å². The van der Waals surface area contributed by atoms with E-state index in [9.17, 15) is 26.7 Å². The van der Waals surface area contributed by atoms with Gasteiger partial charge in [-0.3, -0.25) is 0 Å². The number of rotatable bonds is 6. The van der Waals surface area contributed by atoms with Gasteiger partial charge in [0.2, 0.25) is 0 Å². The molecule has 0 spiro atoms. The highest BCUT2D eigenvalue weighted by atomic mass is 79.9. The Morgan fingerprint density at radius 2 is 1.69 bits per heavy atom. The van der Waals surface area contributed by atoms with Crippen LogP contribution in [0.1, 0.15) is 19.5 Å². The van der Waals surface area contributed by atoms with Gasteiger partial charge in [-0.2, -0.15) is 5.10 Å². The highest BCUT2D eigenvalue weighted by molar-refractivity contribution is 9.10. The molecular weight excluding hydrogens is 581 g/mol. The van der Waals surface area contributed by atoms with Gasteiger partial charge in [0.25, 0.3) is 0 Å². The highest BCUT2D eigenvalue weighted by Crippen LogP contribution is 2.44. The van der Waals surface area contributed by atoms with Crippen LogP contribution in [-0.4, -0.2) is 35.9 Å². The molecule has 0 aliphatic heterocycles. The Bertz CT molecular complexity index is 1540. The number of thiophene rings is 1. The van der Waals surface area contributed by atoms with Crippen molar-refractivity contribution in [1.82, 2.24) is 9.78 Å². The molecule has 0 saturated carbocycles. The van der Waals surface area contributed by atoms with E-state index in [0.717, 1.165) is 11.1 Å². The molecule has 0 unspecified atom stereocenters. The molecule has 6 nitrogen and oxygen atoms in total. The van der Waals surface area contributed by atoms with Crippen LogP contribution < -0.4 is 4.74 Å². The summed E-state index contributed by atoms with van der Waals surface area (Å²) in [6.45, 7) is 3.03. The molecule has 190 valence electrons. The molecule has 0 atom stereocenters. The SMILES string of the molecule is CC(C)(O)c1nn(-c2ccccc2OC(F)(F)F)c(-c2ccc(-c3cccc(S(C)(=O)=O)c3)s2)c1Br. The van der Waals surface area contributed by atoms with Crippen molar-refractivity contribution in [3.05, 3.63) is 70.8 Å². The van der Waals surface area contributed by atoms with Gasteiger partial charge in [-0.1, -0.05) is 24.3 Å². The minimum Gasteiger partial charge on any atom is -0.403 e. The van der Waals surface area contributed by atoms with Crippen LogP contribution in [0.4, 0.5) is 13.2 Å². The molecule has 0 fully saturated rings. The number of halogens is 4. The molecule has 4 aromatic rings. The number of hydrogen-bond donors (Lipinski definition) is 1. The molecule has 1 N–H and O–H groups in total. The van der Waals surface area contributed by atoms with Crippen LogP contribution >= 0.6 is 27.3 Å². The lowest BCUT2D eigenvalue weighted by Gasteiger charge is -2.15. The van der Waals surface area contributed by atoms with Crippen molar-refractivity contribution in [1.29, 1.82) is 0 Å². The van der Waals surface area contributed by atoms with Crippen LogP contribution in [0, 0.1) is 0 Å². The quantitative estimate of drug-likeness (QED) is 0.271. The van der Waals surface area contributed by atoms with Crippen molar-refractivity contribution < 1.29 is 31.4 Å². The first-order chi connectivity index (χ1) is 16.6. The lowest BCUT2D eigenvalue weighted by molar-refractivity contribution is -0.274. The molecule has 2 aromatic carbocycles. The Balaban J connectivity index is 1.90. The summed E-state index contributed by atoms with van der Waals surface area (Å²) < 4.78 is 69.2. The summed E-state index contributed by atoms with van der Waals surface area (Å²) >= 11 is 4.78. The van der Waals surface area contributed by atoms with Gasteiger partial charge in [-0.25, -0.2) is 13.1 Å². The summed E-state index contributed by atoms with van der Waals surface area (Å²) in [7, 11) is -3.41. The first-order valence-electron chi connectivity index (χ1n) is 10.4. The monoisotopic (exact) mass is 600 g/mol. The molecule has 0 amide bonds. The van der Waals surface area contributed by atoms with E-state index in [1.165, 1.54) is 54.1 Å². The van der Waals surface area contributed by atoms with Crippen molar-refractivity contribution in [2.75, 3.05) is 6.26 Å². The van der Waals surface area contributed by atoms with E-state index >= 15 is 0 Å². The van der Waals surface area contributed by atoms with Crippen LogP contribution in [0.25, 0.3) is 26.7 Å². The summed E-state index contributed by atoms with van der Waals surface area (Å²) in [5.41, 5.74) is -0.105. The van der Waals surface area contributed by atoms with E-state index in [1.54, 1.807) is 36.4 Å². The summed E-state index contributed by atoms with van der Waals surface area (Å²) in [5, 5.41) is 15.1. The molecule has 0 radical (unpaired) electrons. The zero-order valence-electron chi connectivity index (χ0n) is 19.2. The largest absolute Gasteiger partial charge is 0.573 e. The zero-order chi connectivity index (χ0) is 26.5. The standard InChI is InChI=1S/C24H20BrF3N2O4S2/c1-23(2,31)22-20(25)21(30(29-22)16-9-4-5-10-17(16)34-24(26,27)28)19-12-11-18(35-19)14-7-6-8-15(13-14)36(3,32)33/h4-13,31H,1-3H3. The molecule has 0 aliphatic rings. The topological polar surface area (TPSA) is 81.4 Å². The van der Waals surface area contributed by atoms with Gasteiger partial charge in [0.15, 0.2) is 15.6 Å². The van der Waals surface area contributed by atoms with E-state index in [2.05, 4.69) is 25.8 Å². The summed E-state index contributed by atoms with van der Waals surface area (Å²) in [6, 6.07) is 15.6. The Morgan fingerprint density at radius 3 is 2.33 bits per heavy atom. The number of para-hydroxylation sites is 2. The van der Waals surface area contributed by atoms with Crippen molar-refractivity contribution in [2.24, 2.45) is 0 Å². The average Bonchev–Trinajstić information content (AvgIpc) is 3.37. The van der Waals surface area contributed by atoms with E-state index in [1.807, 2.05) is 0 Å². The van der Waals surface area contributed by atoms with Gasteiger partial charge in [-0.15, -0.1) is 24.5 Å². The predicted molar refractivity (Wildman–Crippen MR) is 135 cm³/mol. The average molecular weight is 601 g/mol. The number of sulfone groups is 1. The second-order valence-corrected chi connectivity index (χ2v) is 12.4. The number of benzene rings is 2. The molecule has 12 heteroatoms. The van der Waals surface area contributed by atoms with Crippen LogP contribution in [0.15, 0.2) is 70.0 Å². The Morgan fingerprint density at radius 1 is 1.03 bits per heavy atom. The van der Waals surface area contributed by atoms with Crippen LogP contribution in [0.5, 0.6) is 5.75 Å². The molecule has 36 heavy (non-hydrogen) atoms. The number of hydrogen-bond acceptors (Lipinski definition) is 6. The minimum atomic E-state index is -4.92. The highest BCUT2D eigenvalue weighted by Gasteiger charge is 2.34. The third-order valence-corrected chi connectivity index (χ3v) is 8.11. The fraction of sp³-hybridized carbons (Fsp3) is 0.208. The maximum absolute atomic E-state index is 13.1. The fourth-order valence-electron chi connectivity index (χ4n) is 3.52. The Hall–Kier alpha value is -2.67. The Labute approximate surface area is 218 Å². The van der Waals surface area contributed by atoms with Crippen molar-refractivity contribution >= 4 is 37.1 Å². The lowest BCUT2D eigenvalue weighted by Crippen LogP contribution is -2.19. The molecule has 0 saturated heterocycles. The van der Waals surface area contributed by atoms with Gasteiger partial charge in [-0.05, 0) is 71.7 Å². The smallest absolute Gasteiger partial charge is 0.403 e. The van der Waals surface area contributed by atoms with Crippen molar-refractivity contribution in [3.8, 4) is 32.4 Å². The molecular formula is C24H20BrF3N2O4S2. The number of ether oxygens (including phenoxy) is 1. The lowest BCUT2D eigenvalue weighted by atomic mass is 10.1. The van der Waals surface area contributed by atoms with E-state index in [-0.39, 0.29) is 16.3 Å². The van der Waals surface area contributed by atoms with Crippen molar-refractivity contribution in [3.63, 3.8) is 0 Å². The maximum Gasteiger partial charge on any atom is 0.573 e. The van der Waals surface area contributed by atoms with E-state index in [4.69, 9.17) is 0 Å². The zero-order valence-corrected chi connectivity index (χ0v) is 22.4. The second kappa shape index (κ2) is 9.33. The number of alkyl halides is 3. The van der Waals surface area contributed by atoms with Gasteiger partial charge in [0, 0.05) is 11.1 Å².